The summed E-state index contributed by atoms with van der Waals surface area (Å²) in [7, 11) is 0. The molecule has 170 valence electrons. The van der Waals surface area contributed by atoms with E-state index in [1.807, 2.05) is 0 Å². The van der Waals surface area contributed by atoms with Crippen molar-refractivity contribution in [1.29, 1.82) is 0 Å². The summed E-state index contributed by atoms with van der Waals surface area (Å²) >= 11 is 0. The second kappa shape index (κ2) is 6.89. The molecule has 0 saturated heterocycles. The first-order chi connectivity index (χ1) is 17.7. The summed E-state index contributed by atoms with van der Waals surface area (Å²) in [5.74, 6) is 0.372. The van der Waals surface area contributed by atoms with Gasteiger partial charge in [0.15, 0.2) is 6.20 Å². The largest absolute Gasteiger partial charge is 0.345 e. The quantitative estimate of drug-likeness (QED) is 0.267. The molecule has 0 radical (unpaired) electrons. The average molecular weight is 463 g/mol. The van der Waals surface area contributed by atoms with E-state index in [4.69, 9.17) is 0 Å². The molecule has 0 fully saturated rings. The Balaban J connectivity index is 1.41. The van der Waals surface area contributed by atoms with Crippen molar-refractivity contribution in [2.45, 2.75) is 25.3 Å². The lowest BCUT2D eigenvalue weighted by molar-refractivity contribution is -0.655. The van der Waals surface area contributed by atoms with Gasteiger partial charge in [-0.1, -0.05) is 66.7 Å². The van der Waals surface area contributed by atoms with Crippen LogP contribution in [0.4, 0.5) is 0 Å². The molecule has 2 nitrogen and oxygen atoms in total. The van der Waals surface area contributed by atoms with Crippen molar-refractivity contribution < 1.29 is 9.13 Å². The highest BCUT2D eigenvalue weighted by atomic mass is 15.3. The van der Waals surface area contributed by atoms with E-state index in [-0.39, 0.29) is 5.54 Å². The van der Waals surface area contributed by atoms with Crippen LogP contribution < -0.4 is 9.13 Å². The Bertz CT molecular complexity index is 1760. The highest BCUT2D eigenvalue weighted by Crippen LogP contribution is 2.62. The Hall–Kier alpha value is -4.30. The van der Waals surface area contributed by atoms with Gasteiger partial charge in [-0.15, -0.1) is 0 Å². The van der Waals surface area contributed by atoms with Crippen molar-refractivity contribution in [2.75, 3.05) is 0 Å². The molecule has 5 aromatic rings. The molecule has 1 aliphatic carbocycles. The molecule has 0 saturated carbocycles. The van der Waals surface area contributed by atoms with Crippen LogP contribution in [-0.2, 0) is 5.54 Å². The zero-order valence-electron chi connectivity index (χ0n) is 20.4. The molecule has 2 atom stereocenters. The molecule has 3 aliphatic rings. The fourth-order valence-corrected chi connectivity index (χ4v) is 6.75. The molecule has 36 heavy (non-hydrogen) atoms. The van der Waals surface area contributed by atoms with Crippen LogP contribution in [0.5, 0.6) is 0 Å². The van der Waals surface area contributed by atoms with Crippen LogP contribution in [0.2, 0.25) is 0 Å². The summed E-state index contributed by atoms with van der Waals surface area (Å²) in [6.07, 6.45) is 4.88. The number of fused-ring (bicyclic) bond motifs is 3. The van der Waals surface area contributed by atoms with Gasteiger partial charge in [-0.3, -0.25) is 0 Å². The molecule has 1 spiro atoms. The molecular weight excluding hydrogens is 436 g/mol. The highest BCUT2D eigenvalue weighted by Gasteiger charge is 2.82. The van der Waals surface area contributed by atoms with Crippen LogP contribution in [0.25, 0.3) is 39.3 Å². The van der Waals surface area contributed by atoms with Crippen molar-refractivity contribution in [3.8, 4) is 33.6 Å². The van der Waals surface area contributed by atoms with Gasteiger partial charge in [-0.05, 0) is 54.3 Å². The normalized spacial score (nSPS) is 19.9. The van der Waals surface area contributed by atoms with Gasteiger partial charge in [0.25, 0.3) is 11.4 Å². The zero-order valence-corrected chi connectivity index (χ0v) is 20.4. The van der Waals surface area contributed by atoms with Gasteiger partial charge in [0.2, 0.25) is 11.4 Å². The number of hydrogen-bond acceptors (Lipinski definition) is 0. The van der Waals surface area contributed by atoms with Crippen molar-refractivity contribution in [1.82, 2.24) is 0 Å². The summed E-state index contributed by atoms with van der Waals surface area (Å²) in [5, 5.41) is 0. The molecule has 0 N–H and O–H groups in total. The highest BCUT2D eigenvalue weighted by molar-refractivity contribution is 5.79. The van der Waals surface area contributed by atoms with E-state index in [0.29, 0.717) is 5.92 Å². The molecule has 2 aliphatic heterocycles. The van der Waals surface area contributed by atoms with Gasteiger partial charge in [-0.25, -0.2) is 0 Å². The molecule has 2 heteroatoms. The minimum Gasteiger partial charge on any atom is -0.162 e. The smallest absolute Gasteiger partial charge is 0.162 e. The van der Waals surface area contributed by atoms with Crippen molar-refractivity contribution in [3.63, 3.8) is 0 Å². The Labute approximate surface area is 211 Å². The van der Waals surface area contributed by atoms with Gasteiger partial charge < -0.3 is 0 Å². The van der Waals surface area contributed by atoms with Gasteiger partial charge in [0.1, 0.15) is 0 Å². The number of pyridine rings is 2. The number of aryl methyl sites for hydroxylation is 2. The van der Waals surface area contributed by atoms with E-state index in [0.717, 1.165) is 0 Å². The molecule has 1 unspecified atom stereocenters. The number of nitrogens with zero attached hydrogens (tertiary/aromatic N) is 2. The third-order valence-corrected chi connectivity index (χ3v) is 8.48. The second-order valence-corrected chi connectivity index (χ2v) is 10.3. The van der Waals surface area contributed by atoms with Crippen LogP contribution in [-0.4, -0.2) is 0 Å². The second-order valence-electron chi connectivity index (χ2n) is 10.3. The van der Waals surface area contributed by atoms with Gasteiger partial charge in [0.05, 0.1) is 11.5 Å². The maximum atomic E-state index is 2.58. The van der Waals surface area contributed by atoms with Gasteiger partial charge in [-0.2, -0.15) is 9.13 Å². The van der Waals surface area contributed by atoms with E-state index in [2.05, 4.69) is 138 Å². The van der Waals surface area contributed by atoms with Crippen LogP contribution in [0, 0.1) is 13.8 Å². The summed E-state index contributed by atoms with van der Waals surface area (Å²) < 4.78 is 5.06. The van der Waals surface area contributed by atoms with E-state index >= 15 is 0 Å². The number of hydrogen-bond donors (Lipinski definition) is 0. The van der Waals surface area contributed by atoms with E-state index in [1.165, 1.54) is 61.7 Å². The van der Waals surface area contributed by atoms with E-state index < -0.39 is 0 Å². The Morgan fingerprint density at radius 3 is 2.22 bits per heavy atom. The lowest BCUT2D eigenvalue weighted by Crippen LogP contribution is -2.56. The van der Waals surface area contributed by atoms with Gasteiger partial charge >= 0.3 is 5.54 Å². The Morgan fingerprint density at radius 2 is 1.39 bits per heavy atom. The predicted octanol–water partition coefficient (Wildman–Crippen LogP) is 6.59. The number of benzene rings is 3. The predicted molar refractivity (Wildman–Crippen MR) is 143 cm³/mol. The van der Waals surface area contributed by atoms with Crippen molar-refractivity contribution >= 4 is 5.70 Å². The SMILES string of the molecule is Cc1cc(-c2ccccc2C)[n+](C2=CC3c4ccccc4-c4cccc5[n+]4[C@@]253)cc1-c1ccccc1. The molecule has 0 amide bonds. The standard InChI is InChI=1S/C34H26N2/c1-22-11-6-7-14-25(22)31-19-23(2)28(24-12-4-3-5-13-24)21-35(31)33-20-29-26-15-8-9-16-27(26)30-17-10-18-32-34(29,33)36(30)32/h3-21,29H,1-2H3/q+2/t29?,34-/m1/s1. The molecule has 8 rings (SSSR count). The minimum absolute atomic E-state index is 0.0848. The minimum atomic E-state index is -0.0848. The maximum absolute atomic E-state index is 2.58. The summed E-state index contributed by atoms with van der Waals surface area (Å²) in [4.78, 5) is 0. The van der Waals surface area contributed by atoms with Crippen LogP contribution in [0.1, 0.15) is 28.3 Å². The number of allylic oxidation sites excluding steroid dienone is 2. The van der Waals surface area contributed by atoms with E-state index in [9.17, 15) is 0 Å². The number of rotatable bonds is 3. The first-order valence-corrected chi connectivity index (χ1v) is 12.8. The van der Waals surface area contributed by atoms with E-state index in [1.54, 1.807) is 0 Å². The third-order valence-electron chi connectivity index (χ3n) is 8.48. The summed E-state index contributed by atoms with van der Waals surface area (Å²) in [6.45, 7) is 4.45. The average Bonchev–Trinajstić information content (AvgIpc) is 3.62. The molecule has 2 aromatic heterocycles. The topological polar surface area (TPSA) is 7.76 Å². The molecule has 3 aromatic carbocycles. The van der Waals surface area contributed by atoms with Crippen molar-refractivity contribution in [3.05, 3.63) is 138 Å². The summed E-state index contributed by atoms with van der Waals surface area (Å²) in [5.41, 5.74) is 14.5. The van der Waals surface area contributed by atoms with Crippen LogP contribution in [0.3, 0.4) is 0 Å². The Kier molecular flexibility index (Phi) is 3.82. The number of aromatic nitrogens is 2. The maximum Gasteiger partial charge on any atom is 0.345 e. The van der Waals surface area contributed by atoms with Crippen LogP contribution >= 0.6 is 0 Å². The third kappa shape index (κ3) is 2.37. The zero-order chi connectivity index (χ0) is 24.0. The lowest BCUT2D eigenvalue weighted by Gasteiger charge is -2.30. The summed E-state index contributed by atoms with van der Waals surface area (Å²) in [6, 6.07) is 37.7. The van der Waals surface area contributed by atoms with Crippen molar-refractivity contribution in [2.24, 2.45) is 0 Å². The monoisotopic (exact) mass is 462 g/mol. The fraction of sp³-hybridized carbons (Fsp3) is 0.118. The molecule has 0 bridgehead atoms. The lowest BCUT2D eigenvalue weighted by atomic mass is 9.68. The molecule has 4 heterocycles. The Morgan fingerprint density at radius 1 is 0.639 bits per heavy atom. The first-order valence-electron chi connectivity index (χ1n) is 12.8. The molecular formula is C34H26N2+2. The fourth-order valence-electron chi connectivity index (χ4n) is 6.75. The van der Waals surface area contributed by atoms with Crippen LogP contribution in [0.15, 0.2) is 115 Å². The first kappa shape index (κ1) is 19.9. The van der Waals surface area contributed by atoms with Gasteiger partial charge in [0, 0.05) is 35.4 Å².